The van der Waals surface area contributed by atoms with E-state index in [1.54, 1.807) is 0 Å². The molecular weight excluding hydrogens is 340 g/mol. The van der Waals surface area contributed by atoms with Gasteiger partial charge in [0.2, 0.25) is 0 Å². The topological polar surface area (TPSA) is 48.9 Å². The summed E-state index contributed by atoms with van der Waals surface area (Å²) in [5.41, 5.74) is 4.62. The Kier molecular flexibility index (Phi) is 3.21. The molecule has 0 atom stereocenters. The maximum atomic E-state index is 9.55. The van der Waals surface area contributed by atoms with Crippen molar-refractivity contribution in [1.29, 1.82) is 0 Å². The van der Waals surface area contributed by atoms with Gasteiger partial charge in [-0.25, -0.2) is 4.98 Å². The molecule has 0 amide bonds. The number of hydrogen-bond donors (Lipinski definition) is 2. The van der Waals surface area contributed by atoms with Gasteiger partial charge in [-0.05, 0) is 24.3 Å². The summed E-state index contributed by atoms with van der Waals surface area (Å²) in [6, 6.07) is 18.2. The molecule has 22 heavy (non-hydrogen) atoms. The maximum Gasteiger partial charge on any atom is 0.0947 e. The van der Waals surface area contributed by atoms with E-state index in [0.717, 1.165) is 37.5 Å². The summed E-state index contributed by atoms with van der Waals surface area (Å²) in [5.74, 6) is 0. The van der Waals surface area contributed by atoms with Crippen LogP contribution in [-0.2, 0) is 6.61 Å². The highest BCUT2D eigenvalue weighted by Crippen LogP contribution is 2.33. The average molecular weight is 353 g/mol. The molecule has 2 aromatic heterocycles. The molecule has 0 fully saturated rings. The number of aromatic amines is 1. The van der Waals surface area contributed by atoms with Gasteiger partial charge in [0.15, 0.2) is 0 Å². The monoisotopic (exact) mass is 352 g/mol. The summed E-state index contributed by atoms with van der Waals surface area (Å²) in [6.45, 7) is -0.0730. The minimum absolute atomic E-state index is 0.0730. The summed E-state index contributed by atoms with van der Waals surface area (Å²) in [5, 5.41) is 11.8. The fraction of sp³-hybridized carbons (Fsp3) is 0.0556. The second kappa shape index (κ2) is 5.23. The van der Waals surface area contributed by atoms with Crippen LogP contribution in [0.25, 0.3) is 33.1 Å². The summed E-state index contributed by atoms with van der Waals surface area (Å²) >= 11 is 3.51. The number of aliphatic hydroxyl groups excluding tert-OH is 1. The van der Waals surface area contributed by atoms with E-state index in [-0.39, 0.29) is 6.61 Å². The van der Waals surface area contributed by atoms with Crippen LogP contribution >= 0.6 is 15.9 Å². The van der Waals surface area contributed by atoms with Crippen LogP contribution < -0.4 is 0 Å². The van der Waals surface area contributed by atoms with Crippen LogP contribution in [0.1, 0.15) is 5.69 Å². The smallest absolute Gasteiger partial charge is 0.0947 e. The SMILES string of the molecule is OCc1cc2c([nH]c3ccccc32)c(-c2cccc(Br)c2)n1. The van der Waals surface area contributed by atoms with Gasteiger partial charge in [-0.2, -0.15) is 0 Å². The molecule has 0 aliphatic rings. The van der Waals surface area contributed by atoms with Crippen LogP contribution in [-0.4, -0.2) is 15.1 Å². The first-order chi connectivity index (χ1) is 10.8. The molecule has 0 aliphatic heterocycles. The van der Waals surface area contributed by atoms with Gasteiger partial charge >= 0.3 is 0 Å². The Morgan fingerprint density at radius 1 is 1.00 bits per heavy atom. The fourth-order valence-corrected chi connectivity index (χ4v) is 3.22. The van der Waals surface area contributed by atoms with Crippen molar-refractivity contribution in [2.24, 2.45) is 0 Å². The molecule has 4 heteroatoms. The Bertz CT molecular complexity index is 991. The molecule has 108 valence electrons. The maximum absolute atomic E-state index is 9.55. The highest BCUT2D eigenvalue weighted by Gasteiger charge is 2.13. The molecular formula is C18H13BrN2O. The van der Waals surface area contributed by atoms with Crippen molar-refractivity contribution in [3.8, 4) is 11.3 Å². The minimum atomic E-state index is -0.0730. The van der Waals surface area contributed by atoms with Gasteiger partial charge in [-0.1, -0.05) is 46.3 Å². The first-order valence-corrected chi connectivity index (χ1v) is 7.83. The number of H-pyrrole nitrogens is 1. The Hall–Kier alpha value is -2.17. The third kappa shape index (κ3) is 2.12. The van der Waals surface area contributed by atoms with E-state index >= 15 is 0 Å². The van der Waals surface area contributed by atoms with Crippen molar-refractivity contribution in [2.75, 3.05) is 0 Å². The highest BCUT2D eigenvalue weighted by molar-refractivity contribution is 9.10. The van der Waals surface area contributed by atoms with E-state index in [9.17, 15) is 5.11 Å². The van der Waals surface area contributed by atoms with Gasteiger partial charge < -0.3 is 10.1 Å². The number of hydrogen-bond acceptors (Lipinski definition) is 2. The number of aliphatic hydroxyl groups is 1. The van der Waals surface area contributed by atoms with Crippen molar-refractivity contribution >= 4 is 37.7 Å². The van der Waals surface area contributed by atoms with E-state index in [1.807, 2.05) is 42.5 Å². The lowest BCUT2D eigenvalue weighted by Crippen LogP contribution is -1.93. The van der Waals surface area contributed by atoms with E-state index in [4.69, 9.17) is 0 Å². The first kappa shape index (κ1) is 13.5. The summed E-state index contributed by atoms with van der Waals surface area (Å²) in [7, 11) is 0. The molecule has 3 nitrogen and oxygen atoms in total. The Morgan fingerprint density at radius 2 is 1.86 bits per heavy atom. The lowest BCUT2D eigenvalue weighted by atomic mass is 10.1. The van der Waals surface area contributed by atoms with E-state index in [0.29, 0.717) is 5.69 Å². The second-order valence-corrected chi connectivity index (χ2v) is 6.14. The van der Waals surface area contributed by atoms with Crippen LogP contribution in [0.2, 0.25) is 0 Å². The predicted molar refractivity (Wildman–Crippen MR) is 92.7 cm³/mol. The number of benzene rings is 2. The second-order valence-electron chi connectivity index (χ2n) is 5.22. The van der Waals surface area contributed by atoms with Crippen molar-refractivity contribution in [1.82, 2.24) is 9.97 Å². The number of para-hydroxylation sites is 1. The largest absolute Gasteiger partial charge is 0.390 e. The normalized spacial score (nSPS) is 11.4. The number of aromatic nitrogens is 2. The van der Waals surface area contributed by atoms with E-state index < -0.39 is 0 Å². The van der Waals surface area contributed by atoms with Crippen molar-refractivity contribution in [3.63, 3.8) is 0 Å². The Labute approximate surface area is 135 Å². The molecule has 0 bridgehead atoms. The lowest BCUT2D eigenvalue weighted by molar-refractivity contribution is 0.277. The fourth-order valence-electron chi connectivity index (χ4n) is 2.82. The minimum Gasteiger partial charge on any atom is -0.390 e. The molecule has 4 rings (SSSR count). The van der Waals surface area contributed by atoms with Crippen molar-refractivity contribution in [2.45, 2.75) is 6.61 Å². The molecule has 2 N–H and O–H groups in total. The van der Waals surface area contributed by atoms with Gasteiger partial charge in [0, 0.05) is 26.3 Å². The van der Waals surface area contributed by atoms with Gasteiger partial charge in [-0.3, -0.25) is 0 Å². The molecule has 0 aliphatic carbocycles. The van der Waals surface area contributed by atoms with Crippen LogP contribution in [0, 0.1) is 0 Å². The summed E-state index contributed by atoms with van der Waals surface area (Å²) in [4.78, 5) is 8.08. The third-order valence-electron chi connectivity index (χ3n) is 3.81. The number of rotatable bonds is 2. The van der Waals surface area contributed by atoms with Crippen molar-refractivity contribution in [3.05, 3.63) is 64.8 Å². The number of pyridine rings is 1. The Morgan fingerprint density at radius 3 is 2.68 bits per heavy atom. The molecule has 0 radical (unpaired) electrons. The van der Waals surface area contributed by atoms with Crippen LogP contribution in [0.5, 0.6) is 0 Å². The van der Waals surface area contributed by atoms with Gasteiger partial charge in [0.25, 0.3) is 0 Å². The molecule has 2 heterocycles. The zero-order valence-corrected chi connectivity index (χ0v) is 13.3. The molecule has 0 saturated carbocycles. The number of nitrogens with one attached hydrogen (secondary N) is 1. The van der Waals surface area contributed by atoms with E-state index in [1.165, 1.54) is 0 Å². The molecule has 0 saturated heterocycles. The first-order valence-electron chi connectivity index (χ1n) is 7.03. The molecule has 2 aromatic carbocycles. The standard InChI is InChI=1S/C18H13BrN2O/c19-12-5-3-4-11(8-12)17-18-15(9-13(10-22)20-17)14-6-1-2-7-16(14)21-18/h1-9,21-22H,10H2. The summed E-state index contributed by atoms with van der Waals surface area (Å²) < 4.78 is 1.01. The van der Waals surface area contributed by atoms with Gasteiger partial charge in [0.1, 0.15) is 0 Å². The van der Waals surface area contributed by atoms with Gasteiger partial charge in [-0.15, -0.1) is 0 Å². The Balaban J connectivity index is 2.12. The molecule has 0 unspecified atom stereocenters. The zero-order chi connectivity index (χ0) is 15.1. The van der Waals surface area contributed by atoms with Crippen LogP contribution in [0.3, 0.4) is 0 Å². The third-order valence-corrected chi connectivity index (χ3v) is 4.30. The van der Waals surface area contributed by atoms with Gasteiger partial charge in [0.05, 0.1) is 23.5 Å². The molecule has 0 spiro atoms. The zero-order valence-electron chi connectivity index (χ0n) is 11.7. The molecule has 4 aromatic rings. The lowest BCUT2D eigenvalue weighted by Gasteiger charge is -2.06. The average Bonchev–Trinajstić information content (AvgIpc) is 2.92. The predicted octanol–water partition coefficient (Wildman–Crippen LogP) is 4.64. The quantitative estimate of drug-likeness (QED) is 0.552. The number of fused-ring (bicyclic) bond motifs is 3. The van der Waals surface area contributed by atoms with E-state index in [2.05, 4.69) is 38.0 Å². The van der Waals surface area contributed by atoms with Crippen LogP contribution in [0.4, 0.5) is 0 Å². The van der Waals surface area contributed by atoms with Crippen molar-refractivity contribution < 1.29 is 5.11 Å². The highest BCUT2D eigenvalue weighted by atomic mass is 79.9. The summed E-state index contributed by atoms with van der Waals surface area (Å²) in [6.07, 6.45) is 0. The number of halogens is 1. The van der Waals surface area contributed by atoms with Crippen LogP contribution in [0.15, 0.2) is 59.1 Å². The number of nitrogens with zero attached hydrogens (tertiary/aromatic N) is 1.